The fraction of sp³-hybridized carbons (Fsp3) is 0.500. The van der Waals surface area contributed by atoms with Crippen molar-refractivity contribution >= 4 is 17.5 Å². The maximum atomic E-state index is 12.5. The fourth-order valence-electron chi connectivity index (χ4n) is 2.56. The molecule has 7 heteroatoms. The number of hydrogen-bond donors (Lipinski definition) is 3. The van der Waals surface area contributed by atoms with Crippen LogP contribution in [-0.2, 0) is 9.59 Å². The van der Waals surface area contributed by atoms with Gasteiger partial charge in [0.1, 0.15) is 5.75 Å². The SMILES string of the molecule is CCN(CC(=O)Nc1cccc(OC)c1)C(=O)C1CNNC1C. The Morgan fingerprint density at radius 3 is 2.83 bits per heavy atom. The highest BCUT2D eigenvalue weighted by atomic mass is 16.5. The van der Waals surface area contributed by atoms with Crippen molar-refractivity contribution in [1.82, 2.24) is 15.8 Å². The van der Waals surface area contributed by atoms with Crippen LogP contribution in [0.2, 0.25) is 0 Å². The van der Waals surface area contributed by atoms with Crippen molar-refractivity contribution in [2.45, 2.75) is 19.9 Å². The van der Waals surface area contributed by atoms with E-state index >= 15 is 0 Å². The van der Waals surface area contributed by atoms with Crippen LogP contribution in [0.1, 0.15) is 13.8 Å². The van der Waals surface area contributed by atoms with Crippen molar-refractivity contribution in [2.75, 3.05) is 32.1 Å². The van der Waals surface area contributed by atoms with Gasteiger partial charge >= 0.3 is 0 Å². The highest BCUT2D eigenvalue weighted by Crippen LogP contribution is 2.17. The van der Waals surface area contributed by atoms with E-state index in [-0.39, 0.29) is 30.3 Å². The molecule has 0 radical (unpaired) electrons. The number of ether oxygens (including phenoxy) is 1. The maximum absolute atomic E-state index is 12.5. The Bertz CT molecular complexity index is 564. The number of methoxy groups -OCH3 is 1. The number of benzene rings is 1. The molecule has 1 aromatic rings. The summed E-state index contributed by atoms with van der Waals surface area (Å²) in [5, 5.41) is 2.79. The third kappa shape index (κ3) is 4.43. The van der Waals surface area contributed by atoms with Crippen LogP contribution < -0.4 is 20.9 Å². The molecule has 0 spiro atoms. The van der Waals surface area contributed by atoms with Crippen LogP contribution in [0.4, 0.5) is 5.69 Å². The van der Waals surface area contributed by atoms with Crippen LogP contribution in [0, 0.1) is 5.92 Å². The fourth-order valence-corrected chi connectivity index (χ4v) is 2.56. The molecule has 0 bridgehead atoms. The van der Waals surface area contributed by atoms with Crippen LogP contribution in [-0.4, -0.2) is 49.5 Å². The molecule has 0 saturated carbocycles. The summed E-state index contributed by atoms with van der Waals surface area (Å²) in [4.78, 5) is 26.3. The highest BCUT2D eigenvalue weighted by Gasteiger charge is 2.32. The molecule has 2 atom stereocenters. The first-order valence-corrected chi connectivity index (χ1v) is 7.76. The minimum absolute atomic E-state index is 0.0155. The molecule has 1 aliphatic rings. The first-order valence-electron chi connectivity index (χ1n) is 7.76. The molecule has 1 heterocycles. The molecule has 2 unspecified atom stereocenters. The van der Waals surface area contributed by atoms with Gasteiger partial charge in [-0.25, -0.2) is 0 Å². The second-order valence-corrected chi connectivity index (χ2v) is 5.55. The van der Waals surface area contributed by atoms with Gasteiger partial charge in [-0.1, -0.05) is 6.07 Å². The maximum Gasteiger partial charge on any atom is 0.243 e. The number of nitrogens with one attached hydrogen (secondary N) is 3. The van der Waals surface area contributed by atoms with Gasteiger partial charge in [-0.05, 0) is 26.0 Å². The third-order valence-electron chi connectivity index (χ3n) is 3.95. The number of carbonyl (C=O) groups is 2. The lowest BCUT2D eigenvalue weighted by molar-refractivity contribution is -0.138. The molecular weight excluding hydrogens is 296 g/mol. The molecule has 23 heavy (non-hydrogen) atoms. The summed E-state index contributed by atoms with van der Waals surface area (Å²) in [6, 6.07) is 7.18. The molecule has 126 valence electrons. The van der Waals surface area contributed by atoms with Gasteiger partial charge in [-0.3, -0.25) is 20.4 Å². The molecule has 1 aromatic carbocycles. The Morgan fingerprint density at radius 1 is 1.43 bits per heavy atom. The lowest BCUT2D eigenvalue weighted by Crippen LogP contribution is -2.44. The van der Waals surface area contributed by atoms with Gasteiger partial charge in [0.2, 0.25) is 11.8 Å². The van der Waals surface area contributed by atoms with E-state index in [1.54, 1.807) is 36.3 Å². The van der Waals surface area contributed by atoms with Crippen molar-refractivity contribution in [2.24, 2.45) is 5.92 Å². The van der Waals surface area contributed by atoms with E-state index in [1.807, 2.05) is 13.8 Å². The number of hydrazine groups is 1. The molecule has 3 N–H and O–H groups in total. The molecule has 7 nitrogen and oxygen atoms in total. The Hall–Kier alpha value is -2.12. The number of likely N-dealkylation sites (N-methyl/N-ethyl adjacent to an activating group) is 1. The molecule has 0 aromatic heterocycles. The summed E-state index contributed by atoms with van der Waals surface area (Å²) in [7, 11) is 1.57. The lowest BCUT2D eigenvalue weighted by Gasteiger charge is -2.25. The second-order valence-electron chi connectivity index (χ2n) is 5.55. The zero-order chi connectivity index (χ0) is 16.8. The number of hydrogen-bond acceptors (Lipinski definition) is 5. The third-order valence-corrected chi connectivity index (χ3v) is 3.95. The van der Waals surface area contributed by atoms with Crippen molar-refractivity contribution in [3.63, 3.8) is 0 Å². The lowest BCUT2D eigenvalue weighted by atomic mass is 10.0. The summed E-state index contributed by atoms with van der Waals surface area (Å²) in [6.07, 6.45) is 0. The normalized spacial score (nSPS) is 20.1. The smallest absolute Gasteiger partial charge is 0.243 e. The van der Waals surface area contributed by atoms with Gasteiger partial charge in [-0.15, -0.1) is 0 Å². The number of rotatable bonds is 6. The standard InChI is InChI=1S/C16H24N4O3/c1-4-20(16(22)14-9-17-19-11(14)2)10-15(21)18-12-6-5-7-13(8-12)23-3/h5-8,11,14,17,19H,4,9-10H2,1-3H3,(H,18,21). The van der Waals surface area contributed by atoms with E-state index in [1.165, 1.54) is 0 Å². The van der Waals surface area contributed by atoms with Crippen LogP contribution >= 0.6 is 0 Å². The van der Waals surface area contributed by atoms with Crippen molar-refractivity contribution in [3.05, 3.63) is 24.3 Å². The van der Waals surface area contributed by atoms with Crippen molar-refractivity contribution in [3.8, 4) is 5.75 Å². The monoisotopic (exact) mass is 320 g/mol. The minimum Gasteiger partial charge on any atom is -0.497 e. The predicted molar refractivity (Wildman–Crippen MR) is 88.0 cm³/mol. The van der Waals surface area contributed by atoms with Crippen LogP contribution in [0.3, 0.4) is 0 Å². The van der Waals surface area contributed by atoms with Gasteiger partial charge in [0, 0.05) is 30.9 Å². The van der Waals surface area contributed by atoms with Crippen LogP contribution in [0.15, 0.2) is 24.3 Å². The van der Waals surface area contributed by atoms with Crippen molar-refractivity contribution < 1.29 is 14.3 Å². The number of carbonyl (C=O) groups excluding carboxylic acids is 2. The molecule has 1 aliphatic heterocycles. The summed E-state index contributed by atoms with van der Waals surface area (Å²) in [5.74, 6) is 0.279. The summed E-state index contributed by atoms with van der Waals surface area (Å²) < 4.78 is 5.13. The molecule has 1 saturated heterocycles. The first-order chi connectivity index (χ1) is 11.0. The molecular formula is C16H24N4O3. The Kier molecular flexibility index (Phi) is 5.95. The van der Waals surface area contributed by atoms with Gasteiger partial charge in [0.15, 0.2) is 0 Å². The average Bonchev–Trinajstić information content (AvgIpc) is 2.98. The Labute approximate surface area is 136 Å². The second kappa shape index (κ2) is 7.94. The average molecular weight is 320 g/mol. The summed E-state index contributed by atoms with van der Waals surface area (Å²) in [6.45, 7) is 4.93. The van der Waals surface area contributed by atoms with E-state index in [9.17, 15) is 9.59 Å². The molecule has 1 fully saturated rings. The van der Waals surface area contributed by atoms with E-state index in [4.69, 9.17) is 4.74 Å². The van der Waals surface area contributed by atoms with Crippen molar-refractivity contribution in [1.29, 1.82) is 0 Å². The molecule has 2 amide bonds. The Balaban J connectivity index is 1.95. The van der Waals surface area contributed by atoms with E-state index in [0.717, 1.165) is 0 Å². The largest absolute Gasteiger partial charge is 0.497 e. The van der Waals surface area contributed by atoms with E-state index in [0.29, 0.717) is 24.5 Å². The zero-order valence-corrected chi connectivity index (χ0v) is 13.8. The number of nitrogens with zero attached hydrogens (tertiary/aromatic N) is 1. The zero-order valence-electron chi connectivity index (χ0n) is 13.8. The topological polar surface area (TPSA) is 82.7 Å². The van der Waals surface area contributed by atoms with E-state index in [2.05, 4.69) is 16.2 Å². The summed E-state index contributed by atoms with van der Waals surface area (Å²) >= 11 is 0. The van der Waals surface area contributed by atoms with Gasteiger partial charge in [-0.2, -0.15) is 0 Å². The quantitative estimate of drug-likeness (QED) is 0.715. The number of amides is 2. The highest BCUT2D eigenvalue weighted by molar-refractivity contribution is 5.95. The van der Waals surface area contributed by atoms with Crippen LogP contribution in [0.25, 0.3) is 0 Å². The number of anilines is 1. The first kappa shape index (κ1) is 17.2. The Morgan fingerprint density at radius 2 is 2.22 bits per heavy atom. The summed E-state index contributed by atoms with van der Waals surface area (Å²) in [5.41, 5.74) is 6.65. The van der Waals surface area contributed by atoms with Gasteiger partial charge in [0.25, 0.3) is 0 Å². The van der Waals surface area contributed by atoms with E-state index < -0.39 is 0 Å². The van der Waals surface area contributed by atoms with Gasteiger partial charge < -0.3 is 15.0 Å². The predicted octanol–water partition coefficient (Wildman–Crippen LogP) is 0.595. The van der Waals surface area contributed by atoms with Gasteiger partial charge in [0.05, 0.1) is 19.6 Å². The van der Waals surface area contributed by atoms with Crippen LogP contribution in [0.5, 0.6) is 5.75 Å². The molecule has 2 rings (SSSR count). The molecule has 0 aliphatic carbocycles. The minimum atomic E-state index is -0.222.